The van der Waals surface area contributed by atoms with Crippen LogP contribution in [-0.4, -0.2) is 30.4 Å². The maximum absolute atomic E-state index is 12.6. The molecule has 1 aromatic heterocycles. The lowest BCUT2D eigenvalue weighted by Gasteiger charge is -2.51. The van der Waals surface area contributed by atoms with E-state index in [1.165, 1.54) is 37.0 Å². The van der Waals surface area contributed by atoms with Crippen LogP contribution in [0.3, 0.4) is 0 Å². The Hall–Kier alpha value is -0.870. The Bertz CT molecular complexity index is 624. The normalized spacial score (nSPS) is 29.0. The van der Waals surface area contributed by atoms with E-state index in [9.17, 15) is 4.79 Å². The fourth-order valence-corrected chi connectivity index (χ4v) is 6.96. The van der Waals surface area contributed by atoms with Crippen LogP contribution in [0.15, 0.2) is 12.1 Å². The van der Waals surface area contributed by atoms with E-state index in [0.29, 0.717) is 11.8 Å². The fraction of sp³-hybridized carbons (Fsp3) is 0.762. The number of hydrogen-bond acceptors (Lipinski definition) is 3. The molecule has 1 aliphatic carbocycles. The third-order valence-electron chi connectivity index (χ3n) is 7.38. The molecule has 4 heteroatoms. The van der Waals surface area contributed by atoms with Crippen molar-refractivity contribution in [2.75, 3.05) is 19.6 Å². The van der Waals surface area contributed by atoms with Gasteiger partial charge < -0.3 is 5.32 Å². The van der Waals surface area contributed by atoms with Crippen LogP contribution in [0.2, 0.25) is 0 Å². The van der Waals surface area contributed by atoms with Crippen LogP contribution in [-0.2, 0) is 10.3 Å². The molecule has 2 saturated heterocycles. The van der Waals surface area contributed by atoms with Crippen molar-refractivity contribution in [3.63, 3.8) is 0 Å². The van der Waals surface area contributed by atoms with Crippen molar-refractivity contribution >= 4 is 17.2 Å². The molecule has 2 aliphatic heterocycles. The SMILES string of the molecule is CCC1CNC(=O)C12CCN(C1(c3ccc(C)s3)CCCCC1)CC2. The Morgan fingerprint density at radius 2 is 1.88 bits per heavy atom. The van der Waals surface area contributed by atoms with Gasteiger partial charge in [0.2, 0.25) is 5.91 Å². The summed E-state index contributed by atoms with van der Waals surface area (Å²) in [5.74, 6) is 0.872. The molecule has 1 N–H and O–H groups in total. The smallest absolute Gasteiger partial charge is 0.226 e. The summed E-state index contributed by atoms with van der Waals surface area (Å²) in [4.78, 5) is 18.4. The van der Waals surface area contributed by atoms with Crippen LogP contribution in [0.25, 0.3) is 0 Å². The average Bonchev–Trinajstić information content (AvgIpc) is 3.21. The minimum atomic E-state index is -0.0769. The lowest BCUT2D eigenvalue weighted by Crippen LogP contribution is -2.54. The molecule has 1 spiro atoms. The predicted molar refractivity (Wildman–Crippen MR) is 104 cm³/mol. The van der Waals surface area contributed by atoms with Crippen molar-refractivity contribution in [1.82, 2.24) is 10.2 Å². The van der Waals surface area contributed by atoms with E-state index < -0.39 is 0 Å². The second-order valence-corrected chi connectivity index (χ2v) is 9.75. The van der Waals surface area contributed by atoms with Gasteiger partial charge in [0, 0.05) is 29.4 Å². The number of thiophene rings is 1. The van der Waals surface area contributed by atoms with E-state index >= 15 is 0 Å². The Kier molecular flexibility index (Phi) is 4.70. The van der Waals surface area contributed by atoms with Gasteiger partial charge in [-0.05, 0) is 50.7 Å². The number of nitrogens with one attached hydrogen (secondary N) is 1. The summed E-state index contributed by atoms with van der Waals surface area (Å²) < 4.78 is 0. The Balaban J connectivity index is 1.58. The van der Waals surface area contributed by atoms with Crippen molar-refractivity contribution in [2.45, 2.75) is 70.8 Å². The van der Waals surface area contributed by atoms with Gasteiger partial charge in [0.05, 0.1) is 11.0 Å². The van der Waals surface area contributed by atoms with Gasteiger partial charge in [-0.3, -0.25) is 9.69 Å². The van der Waals surface area contributed by atoms with E-state index in [2.05, 4.69) is 36.2 Å². The van der Waals surface area contributed by atoms with Crippen molar-refractivity contribution < 1.29 is 4.79 Å². The van der Waals surface area contributed by atoms with Gasteiger partial charge in [-0.1, -0.05) is 32.6 Å². The molecule has 0 aromatic carbocycles. The Morgan fingerprint density at radius 1 is 1.16 bits per heavy atom. The summed E-state index contributed by atoms with van der Waals surface area (Å²) in [6.07, 6.45) is 9.87. The molecule has 138 valence electrons. The first-order valence-electron chi connectivity index (χ1n) is 10.2. The van der Waals surface area contributed by atoms with Gasteiger partial charge in [-0.25, -0.2) is 0 Å². The molecule has 3 nitrogen and oxygen atoms in total. The first-order chi connectivity index (χ1) is 12.1. The molecule has 1 atom stereocenters. The summed E-state index contributed by atoms with van der Waals surface area (Å²) in [6, 6.07) is 4.67. The second-order valence-electron chi connectivity index (χ2n) is 8.46. The maximum atomic E-state index is 12.6. The van der Waals surface area contributed by atoms with Gasteiger partial charge >= 0.3 is 0 Å². The first-order valence-corrected chi connectivity index (χ1v) is 11.0. The first kappa shape index (κ1) is 17.5. The number of carbonyl (C=O) groups excluding carboxylic acids is 1. The lowest BCUT2D eigenvalue weighted by molar-refractivity contribution is -0.133. The number of nitrogens with zero attached hydrogens (tertiary/aromatic N) is 1. The molecule has 0 radical (unpaired) electrons. The third-order valence-corrected chi connectivity index (χ3v) is 8.57. The minimum absolute atomic E-state index is 0.0769. The zero-order chi connectivity index (χ0) is 17.5. The molecule has 1 unspecified atom stereocenters. The van der Waals surface area contributed by atoms with Crippen LogP contribution in [0.4, 0.5) is 0 Å². The second kappa shape index (κ2) is 6.70. The zero-order valence-electron chi connectivity index (χ0n) is 15.8. The number of piperidine rings is 1. The van der Waals surface area contributed by atoms with Crippen molar-refractivity contribution in [2.24, 2.45) is 11.3 Å². The zero-order valence-corrected chi connectivity index (χ0v) is 16.6. The summed E-state index contributed by atoms with van der Waals surface area (Å²) in [5, 5.41) is 3.16. The molecule has 3 fully saturated rings. The minimum Gasteiger partial charge on any atom is -0.355 e. The molecule has 1 aromatic rings. The maximum Gasteiger partial charge on any atom is 0.226 e. The van der Waals surface area contributed by atoms with Gasteiger partial charge in [0.15, 0.2) is 0 Å². The Labute approximate surface area is 156 Å². The van der Waals surface area contributed by atoms with Crippen LogP contribution < -0.4 is 5.32 Å². The number of rotatable bonds is 3. The molecule has 25 heavy (non-hydrogen) atoms. The van der Waals surface area contributed by atoms with Gasteiger partial charge in [0.1, 0.15) is 0 Å². The van der Waals surface area contributed by atoms with Gasteiger partial charge in [-0.15, -0.1) is 11.3 Å². The highest BCUT2D eigenvalue weighted by Gasteiger charge is 2.53. The summed E-state index contributed by atoms with van der Waals surface area (Å²) in [7, 11) is 0. The average molecular weight is 361 g/mol. The quantitative estimate of drug-likeness (QED) is 0.863. The van der Waals surface area contributed by atoms with E-state index in [1.807, 2.05) is 11.3 Å². The summed E-state index contributed by atoms with van der Waals surface area (Å²) in [6.45, 7) is 7.53. The molecule has 4 rings (SSSR count). The van der Waals surface area contributed by atoms with E-state index in [-0.39, 0.29) is 11.0 Å². The van der Waals surface area contributed by atoms with Crippen LogP contribution in [0.1, 0.15) is 68.0 Å². The van der Waals surface area contributed by atoms with E-state index in [0.717, 1.165) is 38.9 Å². The molecule has 1 saturated carbocycles. The van der Waals surface area contributed by atoms with Gasteiger partial charge in [0.25, 0.3) is 0 Å². The molecule has 1 amide bonds. The van der Waals surface area contributed by atoms with Crippen LogP contribution in [0, 0.1) is 18.3 Å². The highest BCUT2D eigenvalue weighted by molar-refractivity contribution is 7.12. The number of carbonyl (C=O) groups is 1. The van der Waals surface area contributed by atoms with Crippen LogP contribution >= 0.6 is 11.3 Å². The summed E-state index contributed by atoms with van der Waals surface area (Å²) in [5.41, 5.74) is 0.169. The third kappa shape index (κ3) is 2.76. The van der Waals surface area contributed by atoms with Crippen molar-refractivity contribution in [1.29, 1.82) is 0 Å². The fourth-order valence-electron chi connectivity index (χ4n) is 5.82. The predicted octanol–water partition coefficient (Wildman–Crippen LogP) is 4.45. The molecular formula is C21H32N2OS. The standard InChI is InChI=1S/C21H32N2OS/c1-3-17-15-22-19(24)20(17)11-13-23(14-12-20)21(9-5-4-6-10-21)18-8-7-16(2)25-18/h7-8,17H,3-6,9-15H2,1-2H3,(H,22,24). The number of hydrogen-bond donors (Lipinski definition) is 1. The largest absolute Gasteiger partial charge is 0.355 e. The summed E-state index contributed by atoms with van der Waals surface area (Å²) >= 11 is 2.00. The van der Waals surface area contributed by atoms with Crippen LogP contribution in [0.5, 0.6) is 0 Å². The number of aryl methyl sites for hydroxylation is 1. The Morgan fingerprint density at radius 3 is 2.48 bits per heavy atom. The number of likely N-dealkylation sites (tertiary alicyclic amines) is 1. The molecular weight excluding hydrogens is 328 g/mol. The number of amides is 1. The molecule has 3 aliphatic rings. The van der Waals surface area contributed by atoms with E-state index in [1.54, 1.807) is 4.88 Å². The molecule has 0 bridgehead atoms. The molecule has 3 heterocycles. The van der Waals surface area contributed by atoms with Crippen molar-refractivity contribution in [3.8, 4) is 0 Å². The lowest BCUT2D eigenvalue weighted by atomic mass is 9.68. The van der Waals surface area contributed by atoms with E-state index in [4.69, 9.17) is 0 Å². The highest BCUT2D eigenvalue weighted by atomic mass is 32.1. The van der Waals surface area contributed by atoms with Gasteiger partial charge in [-0.2, -0.15) is 0 Å². The van der Waals surface area contributed by atoms with Crippen molar-refractivity contribution in [3.05, 3.63) is 21.9 Å². The monoisotopic (exact) mass is 360 g/mol. The highest BCUT2D eigenvalue weighted by Crippen LogP contribution is 2.50. The topological polar surface area (TPSA) is 32.3 Å².